The Labute approximate surface area is 167 Å². The fraction of sp³-hybridized carbons (Fsp3) is 0.500. The molecule has 0 atom stereocenters. The summed E-state index contributed by atoms with van der Waals surface area (Å²) in [4.78, 5) is 15.8. The number of piperazine rings is 1. The van der Waals surface area contributed by atoms with Gasteiger partial charge in [0, 0.05) is 38.6 Å². The molecule has 1 aliphatic heterocycles. The zero-order valence-electron chi connectivity index (χ0n) is 16.8. The number of nitrogens with zero attached hydrogens (tertiary/aromatic N) is 4. The molecule has 9 heteroatoms. The molecule has 1 aromatic carbocycles. The van der Waals surface area contributed by atoms with E-state index in [1.165, 1.54) is 6.07 Å². The lowest BCUT2D eigenvalue weighted by Crippen LogP contribution is -2.50. The van der Waals surface area contributed by atoms with Gasteiger partial charge in [-0.2, -0.15) is 18.4 Å². The Kier molecular flexibility index (Phi) is 5.15. The molecular formula is C20H23F3N4O2. The highest BCUT2D eigenvalue weighted by Crippen LogP contribution is 2.36. The summed E-state index contributed by atoms with van der Waals surface area (Å²) in [5.41, 5.74) is -0.659. The van der Waals surface area contributed by atoms with E-state index in [4.69, 9.17) is 4.74 Å². The topological polar surface area (TPSA) is 61.5 Å². The highest BCUT2D eigenvalue weighted by atomic mass is 19.4. The molecule has 0 radical (unpaired) electrons. The molecule has 2 heterocycles. The van der Waals surface area contributed by atoms with Crippen LogP contribution in [0, 0.1) is 11.3 Å². The van der Waals surface area contributed by atoms with Gasteiger partial charge in [0.1, 0.15) is 23.1 Å². The van der Waals surface area contributed by atoms with Gasteiger partial charge in [0.05, 0.1) is 11.1 Å². The molecule has 1 fully saturated rings. The Morgan fingerprint density at radius 1 is 1.14 bits per heavy atom. The molecule has 0 unspecified atom stereocenters. The van der Waals surface area contributed by atoms with Gasteiger partial charge in [0.2, 0.25) is 0 Å². The quantitative estimate of drug-likeness (QED) is 0.712. The number of fused-ring (bicyclic) bond motifs is 1. The normalized spacial score (nSPS) is 15.5. The molecule has 0 aliphatic carbocycles. The molecule has 1 aromatic heterocycles. The molecule has 1 amide bonds. The van der Waals surface area contributed by atoms with Crippen molar-refractivity contribution in [2.75, 3.05) is 31.1 Å². The van der Waals surface area contributed by atoms with Crippen molar-refractivity contribution >= 4 is 22.8 Å². The Morgan fingerprint density at radius 2 is 1.76 bits per heavy atom. The van der Waals surface area contributed by atoms with Crippen LogP contribution >= 0.6 is 0 Å². The van der Waals surface area contributed by atoms with Crippen molar-refractivity contribution in [3.63, 3.8) is 0 Å². The first kappa shape index (κ1) is 20.8. The fourth-order valence-electron chi connectivity index (χ4n) is 3.51. The van der Waals surface area contributed by atoms with E-state index < -0.39 is 23.4 Å². The SMILES string of the molecule is Cn1c(N2CCN(C(=O)OC(C)(C)C)CC2)c(C#N)c2ccc(C(F)(F)F)cc21. The number of carbonyl (C=O) groups excluding carboxylic acids is 1. The van der Waals surface area contributed by atoms with Crippen LogP contribution in [-0.2, 0) is 18.0 Å². The van der Waals surface area contributed by atoms with Gasteiger partial charge < -0.3 is 19.1 Å². The molecular weight excluding hydrogens is 385 g/mol. The van der Waals surface area contributed by atoms with Crippen LogP contribution in [0.25, 0.3) is 10.9 Å². The Hall–Kier alpha value is -2.89. The van der Waals surface area contributed by atoms with Crippen LogP contribution in [0.15, 0.2) is 18.2 Å². The first-order valence-corrected chi connectivity index (χ1v) is 9.25. The molecule has 0 spiro atoms. The number of hydrogen-bond acceptors (Lipinski definition) is 4. The van der Waals surface area contributed by atoms with Gasteiger partial charge in [0.15, 0.2) is 0 Å². The van der Waals surface area contributed by atoms with Gasteiger partial charge in [-0.05, 0) is 32.9 Å². The summed E-state index contributed by atoms with van der Waals surface area (Å²) in [6, 6.07) is 5.53. The van der Waals surface area contributed by atoms with Crippen molar-refractivity contribution in [3.8, 4) is 6.07 Å². The average Bonchev–Trinajstić information content (AvgIpc) is 2.91. The number of halogens is 3. The first-order valence-electron chi connectivity index (χ1n) is 9.25. The van der Waals surface area contributed by atoms with Crippen molar-refractivity contribution in [3.05, 3.63) is 29.3 Å². The van der Waals surface area contributed by atoms with E-state index in [-0.39, 0.29) is 0 Å². The number of anilines is 1. The van der Waals surface area contributed by atoms with Crippen LogP contribution in [0.4, 0.5) is 23.8 Å². The van der Waals surface area contributed by atoms with Crippen LogP contribution in [0.5, 0.6) is 0 Å². The van der Waals surface area contributed by atoms with Gasteiger partial charge in [-0.3, -0.25) is 0 Å². The molecule has 0 saturated carbocycles. The Balaban J connectivity index is 1.88. The van der Waals surface area contributed by atoms with E-state index in [0.29, 0.717) is 48.5 Å². The van der Waals surface area contributed by atoms with Crippen LogP contribution in [-0.4, -0.2) is 47.3 Å². The van der Waals surface area contributed by atoms with E-state index in [1.54, 1.807) is 37.3 Å². The number of aromatic nitrogens is 1. The lowest BCUT2D eigenvalue weighted by molar-refractivity contribution is -0.137. The third kappa shape index (κ3) is 4.11. The number of aryl methyl sites for hydroxylation is 1. The third-order valence-corrected chi connectivity index (χ3v) is 4.84. The second-order valence-electron chi connectivity index (χ2n) is 8.05. The van der Waals surface area contributed by atoms with Gasteiger partial charge in [0.25, 0.3) is 0 Å². The maximum atomic E-state index is 13.1. The lowest BCUT2D eigenvalue weighted by atomic mass is 10.1. The Morgan fingerprint density at radius 3 is 2.28 bits per heavy atom. The van der Waals surface area contributed by atoms with Crippen LogP contribution in [0.2, 0.25) is 0 Å². The zero-order chi connectivity index (χ0) is 21.6. The number of ether oxygens (including phenoxy) is 1. The first-order chi connectivity index (χ1) is 13.4. The maximum absolute atomic E-state index is 13.1. The number of carbonyl (C=O) groups is 1. The minimum atomic E-state index is -4.45. The predicted molar refractivity (Wildman–Crippen MR) is 103 cm³/mol. The summed E-state index contributed by atoms with van der Waals surface area (Å²) >= 11 is 0. The van der Waals surface area contributed by atoms with Crippen molar-refractivity contribution in [2.45, 2.75) is 32.5 Å². The zero-order valence-corrected chi connectivity index (χ0v) is 16.8. The summed E-state index contributed by atoms with van der Waals surface area (Å²) in [5, 5.41) is 10.1. The molecule has 0 N–H and O–H groups in total. The maximum Gasteiger partial charge on any atom is 0.416 e. The number of amides is 1. The van der Waals surface area contributed by atoms with Crippen molar-refractivity contribution < 1.29 is 22.7 Å². The van der Waals surface area contributed by atoms with E-state index >= 15 is 0 Å². The summed E-state index contributed by atoms with van der Waals surface area (Å²) in [6.45, 7) is 7.08. The fourth-order valence-corrected chi connectivity index (χ4v) is 3.51. The lowest BCUT2D eigenvalue weighted by Gasteiger charge is -2.36. The molecule has 2 aromatic rings. The number of alkyl halides is 3. The average molecular weight is 408 g/mol. The number of benzene rings is 1. The predicted octanol–water partition coefficient (Wildman–Crippen LogP) is 4.13. The molecule has 0 bridgehead atoms. The number of rotatable bonds is 1. The van der Waals surface area contributed by atoms with Crippen LogP contribution in [0.3, 0.4) is 0 Å². The van der Waals surface area contributed by atoms with Gasteiger partial charge in [-0.1, -0.05) is 6.07 Å². The monoisotopic (exact) mass is 408 g/mol. The summed E-state index contributed by atoms with van der Waals surface area (Å²) in [6.07, 6.45) is -4.85. The molecule has 6 nitrogen and oxygen atoms in total. The van der Waals surface area contributed by atoms with E-state index in [1.807, 2.05) is 4.90 Å². The number of hydrogen-bond donors (Lipinski definition) is 0. The van der Waals surface area contributed by atoms with E-state index in [9.17, 15) is 23.2 Å². The summed E-state index contributed by atoms with van der Waals surface area (Å²) < 4.78 is 46.3. The largest absolute Gasteiger partial charge is 0.444 e. The second-order valence-corrected chi connectivity index (χ2v) is 8.05. The van der Waals surface area contributed by atoms with Crippen molar-refractivity contribution in [2.24, 2.45) is 7.05 Å². The smallest absolute Gasteiger partial charge is 0.416 e. The van der Waals surface area contributed by atoms with Crippen molar-refractivity contribution in [1.29, 1.82) is 5.26 Å². The molecule has 3 rings (SSSR count). The minimum Gasteiger partial charge on any atom is -0.444 e. The van der Waals surface area contributed by atoms with Gasteiger partial charge >= 0.3 is 12.3 Å². The van der Waals surface area contributed by atoms with Gasteiger partial charge in [-0.15, -0.1) is 0 Å². The van der Waals surface area contributed by atoms with E-state index in [2.05, 4.69) is 6.07 Å². The molecule has 1 saturated heterocycles. The van der Waals surface area contributed by atoms with Crippen LogP contribution < -0.4 is 4.90 Å². The highest BCUT2D eigenvalue weighted by molar-refractivity contribution is 5.93. The van der Waals surface area contributed by atoms with E-state index in [0.717, 1.165) is 12.1 Å². The standard InChI is InChI=1S/C20H23F3N4O2/c1-19(2,3)29-18(28)27-9-7-26(8-10-27)17-15(12-24)14-6-5-13(20(21,22)23)11-16(14)25(17)4/h5-6,11H,7-10H2,1-4H3. The third-order valence-electron chi connectivity index (χ3n) is 4.84. The summed E-state index contributed by atoms with van der Waals surface area (Å²) in [5.74, 6) is 0.561. The second kappa shape index (κ2) is 7.17. The Bertz CT molecular complexity index is 975. The summed E-state index contributed by atoms with van der Waals surface area (Å²) in [7, 11) is 1.65. The van der Waals surface area contributed by atoms with Crippen LogP contribution in [0.1, 0.15) is 31.9 Å². The molecule has 29 heavy (non-hydrogen) atoms. The van der Waals surface area contributed by atoms with Crippen molar-refractivity contribution in [1.82, 2.24) is 9.47 Å². The highest BCUT2D eigenvalue weighted by Gasteiger charge is 2.33. The van der Waals surface area contributed by atoms with Gasteiger partial charge in [-0.25, -0.2) is 4.79 Å². The minimum absolute atomic E-state index is 0.335. The molecule has 156 valence electrons. The molecule has 1 aliphatic rings. The number of nitriles is 1.